The molecule has 0 atom stereocenters. The summed E-state index contributed by atoms with van der Waals surface area (Å²) in [6.07, 6.45) is 8.39. The first kappa shape index (κ1) is 20.9. The highest BCUT2D eigenvalue weighted by atomic mass is 16.3. The minimum absolute atomic E-state index is 0.238. The van der Waals surface area contributed by atoms with Crippen LogP contribution in [0.5, 0.6) is 11.5 Å². The lowest BCUT2D eigenvalue weighted by molar-refractivity contribution is 0.358. The van der Waals surface area contributed by atoms with Crippen LogP contribution in [0.2, 0.25) is 0 Å². The summed E-state index contributed by atoms with van der Waals surface area (Å²) in [4.78, 5) is 0. The number of unbranched alkanes of at least 4 members (excludes halogenated alkanes) is 2. The molecule has 0 radical (unpaired) electrons. The van der Waals surface area contributed by atoms with Crippen molar-refractivity contribution in [2.75, 3.05) is 0 Å². The summed E-state index contributed by atoms with van der Waals surface area (Å²) in [5, 5.41) is 20.6. The Bertz CT molecular complexity index is 504. The SMILES string of the molecule is CC(C)(C)CCCCc1ccc(O)c(CCCCC(C)(C)C)c1O. The van der Waals surface area contributed by atoms with E-state index in [0.717, 1.165) is 43.2 Å². The molecule has 0 saturated heterocycles. The number of phenols is 2. The lowest BCUT2D eigenvalue weighted by Gasteiger charge is -2.18. The van der Waals surface area contributed by atoms with Gasteiger partial charge in [0.05, 0.1) is 0 Å². The van der Waals surface area contributed by atoms with Gasteiger partial charge in [0.2, 0.25) is 0 Å². The molecule has 138 valence electrons. The van der Waals surface area contributed by atoms with Gasteiger partial charge in [-0.05, 0) is 61.0 Å². The van der Waals surface area contributed by atoms with Gasteiger partial charge in [-0.2, -0.15) is 0 Å². The van der Waals surface area contributed by atoms with Gasteiger partial charge >= 0.3 is 0 Å². The largest absolute Gasteiger partial charge is 0.508 e. The molecule has 0 heterocycles. The van der Waals surface area contributed by atoms with Crippen LogP contribution in [0.4, 0.5) is 0 Å². The van der Waals surface area contributed by atoms with Crippen LogP contribution >= 0.6 is 0 Å². The van der Waals surface area contributed by atoms with Gasteiger partial charge < -0.3 is 10.2 Å². The maximum Gasteiger partial charge on any atom is 0.125 e. The van der Waals surface area contributed by atoms with Crippen LogP contribution in [0.1, 0.15) is 91.2 Å². The first-order valence-corrected chi connectivity index (χ1v) is 9.52. The van der Waals surface area contributed by atoms with Crippen LogP contribution < -0.4 is 0 Å². The number of aromatic hydroxyl groups is 2. The standard InChI is InChI=1S/C22H38O2/c1-21(2,3)15-9-7-11-17-13-14-19(23)18(20(17)24)12-8-10-16-22(4,5)6/h13-14,23-24H,7-12,15-16H2,1-6H3. The molecule has 0 aliphatic carbocycles. The normalized spacial score (nSPS) is 12.6. The molecule has 2 heteroatoms. The van der Waals surface area contributed by atoms with Gasteiger partial charge in [-0.3, -0.25) is 0 Å². The van der Waals surface area contributed by atoms with Crippen molar-refractivity contribution in [3.05, 3.63) is 23.3 Å². The maximum absolute atomic E-state index is 10.5. The Morgan fingerprint density at radius 1 is 0.708 bits per heavy atom. The van der Waals surface area contributed by atoms with Crippen LogP contribution in [-0.4, -0.2) is 10.2 Å². The van der Waals surface area contributed by atoms with Crippen LogP contribution in [0.15, 0.2) is 12.1 Å². The summed E-state index contributed by atoms with van der Waals surface area (Å²) in [6.45, 7) is 13.5. The van der Waals surface area contributed by atoms with E-state index in [-0.39, 0.29) is 5.75 Å². The average molecular weight is 335 g/mol. The zero-order valence-electron chi connectivity index (χ0n) is 16.7. The summed E-state index contributed by atoms with van der Waals surface area (Å²) >= 11 is 0. The zero-order valence-corrected chi connectivity index (χ0v) is 16.7. The number of phenolic OH excluding ortho intramolecular Hbond substituents is 2. The molecule has 0 fully saturated rings. The lowest BCUT2D eigenvalue weighted by atomic mass is 9.88. The van der Waals surface area contributed by atoms with Gasteiger partial charge in [0.25, 0.3) is 0 Å². The third-order valence-corrected chi connectivity index (χ3v) is 4.57. The van der Waals surface area contributed by atoms with E-state index in [1.165, 1.54) is 19.3 Å². The molecule has 24 heavy (non-hydrogen) atoms. The van der Waals surface area contributed by atoms with E-state index in [1.54, 1.807) is 6.07 Å². The van der Waals surface area contributed by atoms with Crippen molar-refractivity contribution in [3.63, 3.8) is 0 Å². The third-order valence-electron chi connectivity index (χ3n) is 4.57. The Labute approximate surface area is 149 Å². The number of aryl methyl sites for hydroxylation is 1. The first-order chi connectivity index (χ1) is 11.0. The smallest absolute Gasteiger partial charge is 0.125 e. The van der Waals surface area contributed by atoms with Crippen molar-refractivity contribution in [2.45, 2.75) is 92.9 Å². The third kappa shape index (κ3) is 8.08. The minimum Gasteiger partial charge on any atom is -0.508 e. The molecule has 1 aromatic rings. The van der Waals surface area contributed by atoms with E-state index >= 15 is 0 Å². The van der Waals surface area contributed by atoms with E-state index in [2.05, 4.69) is 41.5 Å². The van der Waals surface area contributed by atoms with Crippen molar-refractivity contribution in [3.8, 4) is 11.5 Å². The second kappa shape index (κ2) is 8.78. The monoisotopic (exact) mass is 334 g/mol. The number of benzene rings is 1. The molecule has 0 spiro atoms. The Balaban J connectivity index is 2.57. The van der Waals surface area contributed by atoms with E-state index in [1.807, 2.05) is 6.07 Å². The van der Waals surface area contributed by atoms with Gasteiger partial charge in [-0.15, -0.1) is 0 Å². The van der Waals surface area contributed by atoms with Gasteiger partial charge in [0.1, 0.15) is 11.5 Å². The molecule has 0 bridgehead atoms. The highest BCUT2D eigenvalue weighted by molar-refractivity contribution is 5.48. The van der Waals surface area contributed by atoms with Crippen molar-refractivity contribution < 1.29 is 10.2 Å². The zero-order chi connectivity index (χ0) is 18.4. The lowest BCUT2D eigenvalue weighted by Crippen LogP contribution is -2.05. The number of rotatable bonds is 8. The molecule has 0 unspecified atom stereocenters. The van der Waals surface area contributed by atoms with Gasteiger partial charge in [-0.25, -0.2) is 0 Å². The Hall–Kier alpha value is -1.18. The summed E-state index contributed by atoms with van der Waals surface area (Å²) in [5.74, 6) is 0.559. The quantitative estimate of drug-likeness (QED) is 0.525. The van der Waals surface area contributed by atoms with Crippen LogP contribution in [-0.2, 0) is 12.8 Å². The second-order valence-electron chi connectivity index (χ2n) is 9.61. The summed E-state index contributed by atoms with van der Waals surface area (Å²) in [6, 6.07) is 3.62. The average Bonchev–Trinajstić information content (AvgIpc) is 2.42. The van der Waals surface area contributed by atoms with E-state index < -0.39 is 0 Å². The van der Waals surface area contributed by atoms with Crippen LogP contribution in [0, 0.1) is 10.8 Å². The molecule has 0 aromatic heterocycles. The highest BCUT2D eigenvalue weighted by Gasteiger charge is 2.14. The molecule has 2 N–H and O–H groups in total. The van der Waals surface area contributed by atoms with Crippen LogP contribution in [0.25, 0.3) is 0 Å². The molecule has 2 nitrogen and oxygen atoms in total. The highest BCUT2D eigenvalue weighted by Crippen LogP contribution is 2.34. The minimum atomic E-state index is 0.238. The van der Waals surface area contributed by atoms with E-state index in [4.69, 9.17) is 0 Å². The number of hydrogen-bond acceptors (Lipinski definition) is 2. The maximum atomic E-state index is 10.5. The summed E-state index contributed by atoms with van der Waals surface area (Å²) < 4.78 is 0. The van der Waals surface area contributed by atoms with Crippen LogP contribution in [0.3, 0.4) is 0 Å². The molecule has 0 aliphatic rings. The Morgan fingerprint density at radius 2 is 1.21 bits per heavy atom. The van der Waals surface area contributed by atoms with Crippen molar-refractivity contribution in [2.24, 2.45) is 10.8 Å². The fraction of sp³-hybridized carbons (Fsp3) is 0.727. The number of hydrogen-bond donors (Lipinski definition) is 2. The van der Waals surface area contributed by atoms with E-state index in [0.29, 0.717) is 16.6 Å². The van der Waals surface area contributed by atoms with Crippen molar-refractivity contribution >= 4 is 0 Å². The topological polar surface area (TPSA) is 40.5 Å². The molecule has 1 aromatic carbocycles. The Morgan fingerprint density at radius 3 is 1.71 bits per heavy atom. The molecule has 0 amide bonds. The second-order valence-corrected chi connectivity index (χ2v) is 9.61. The summed E-state index contributed by atoms with van der Waals surface area (Å²) in [7, 11) is 0. The van der Waals surface area contributed by atoms with Gasteiger partial charge in [0.15, 0.2) is 0 Å². The molecule has 1 rings (SSSR count). The Kier molecular flexibility index (Phi) is 7.63. The van der Waals surface area contributed by atoms with Crippen molar-refractivity contribution in [1.82, 2.24) is 0 Å². The van der Waals surface area contributed by atoms with E-state index in [9.17, 15) is 10.2 Å². The molecular formula is C22H38O2. The molecule has 0 saturated carbocycles. The molecular weight excluding hydrogens is 296 g/mol. The molecule has 0 aliphatic heterocycles. The van der Waals surface area contributed by atoms with Gasteiger partial charge in [0, 0.05) is 5.56 Å². The predicted molar refractivity (Wildman–Crippen MR) is 104 cm³/mol. The summed E-state index contributed by atoms with van der Waals surface area (Å²) in [5.41, 5.74) is 2.43. The fourth-order valence-corrected chi connectivity index (χ4v) is 3.05. The predicted octanol–water partition coefficient (Wildman–Crippen LogP) is 6.62. The van der Waals surface area contributed by atoms with Gasteiger partial charge in [-0.1, -0.05) is 60.5 Å². The first-order valence-electron chi connectivity index (χ1n) is 9.52. The van der Waals surface area contributed by atoms with Crippen molar-refractivity contribution in [1.29, 1.82) is 0 Å². The fourth-order valence-electron chi connectivity index (χ4n) is 3.05.